The second-order valence-corrected chi connectivity index (χ2v) is 5.82. The van der Waals surface area contributed by atoms with E-state index in [0.717, 1.165) is 6.42 Å². The van der Waals surface area contributed by atoms with Gasteiger partial charge < -0.3 is 4.74 Å². The van der Waals surface area contributed by atoms with Crippen molar-refractivity contribution in [2.45, 2.75) is 46.6 Å². The van der Waals surface area contributed by atoms with Crippen LogP contribution in [0.15, 0.2) is 11.9 Å². The van der Waals surface area contributed by atoms with Gasteiger partial charge in [0.05, 0.1) is 0 Å². The number of halogens is 1. The minimum atomic E-state index is -0.856. The molecule has 0 saturated heterocycles. The molecule has 0 aliphatic heterocycles. The Balaban J connectivity index is 2.54. The minimum absolute atomic E-state index is 0.138. The first-order chi connectivity index (χ1) is 6.62. The number of esters is 1. The first-order valence-electron chi connectivity index (χ1n) is 5.22. The van der Waals surface area contributed by atoms with E-state index in [1.54, 1.807) is 20.8 Å². The summed E-state index contributed by atoms with van der Waals surface area (Å²) >= 11 is 0. The van der Waals surface area contributed by atoms with Crippen LogP contribution in [-0.4, -0.2) is 11.6 Å². The maximum atomic E-state index is 13.3. The van der Waals surface area contributed by atoms with Crippen LogP contribution in [0, 0.1) is 11.3 Å². The third-order valence-electron chi connectivity index (χ3n) is 2.53. The molecule has 0 N–H and O–H groups in total. The Bertz CT molecular complexity index is 297. The van der Waals surface area contributed by atoms with Crippen LogP contribution in [0.1, 0.15) is 41.0 Å². The SMILES string of the molecule is CC(C)(C)OC(=O)/C(F)=C/C1CC1(C)C. The fourth-order valence-electron chi connectivity index (χ4n) is 1.36. The lowest BCUT2D eigenvalue weighted by molar-refractivity contribution is -0.151. The van der Waals surface area contributed by atoms with Crippen molar-refractivity contribution in [2.24, 2.45) is 11.3 Å². The topological polar surface area (TPSA) is 26.3 Å². The van der Waals surface area contributed by atoms with Crippen molar-refractivity contribution in [1.82, 2.24) is 0 Å². The van der Waals surface area contributed by atoms with Gasteiger partial charge in [0.25, 0.3) is 0 Å². The molecule has 2 nitrogen and oxygen atoms in total. The summed E-state index contributed by atoms with van der Waals surface area (Å²) in [5.74, 6) is -1.45. The summed E-state index contributed by atoms with van der Waals surface area (Å²) in [6, 6.07) is 0. The summed E-state index contributed by atoms with van der Waals surface area (Å²) in [5, 5.41) is 0. The van der Waals surface area contributed by atoms with E-state index in [1.807, 2.05) is 0 Å². The van der Waals surface area contributed by atoms with Crippen molar-refractivity contribution in [3.8, 4) is 0 Å². The van der Waals surface area contributed by atoms with Crippen LogP contribution < -0.4 is 0 Å². The lowest BCUT2D eigenvalue weighted by atomic mass is 10.1. The third kappa shape index (κ3) is 3.65. The quantitative estimate of drug-likeness (QED) is 0.521. The van der Waals surface area contributed by atoms with Gasteiger partial charge in [-0.05, 0) is 44.6 Å². The van der Waals surface area contributed by atoms with Gasteiger partial charge in [-0.25, -0.2) is 4.79 Å². The van der Waals surface area contributed by atoms with E-state index in [2.05, 4.69) is 13.8 Å². The van der Waals surface area contributed by atoms with Crippen LogP contribution in [0.5, 0.6) is 0 Å². The molecule has 0 aromatic heterocycles. The van der Waals surface area contributed by atoms with Crippen LogP contribution in [0.4, 0.5) is 4.39 Å². The molecule has 0 bridgehead atoms. The summed E-state index contributed by atoms with van der Waals surface area (Å²) in [6.07, 6.45) is 2.32. The molecule has 1 saturated carbocycles. The highest BCUT2D eigenvalue weighted by Crippen LogP contribution is 2.52. The Morgan fingerprint density at radius 2 is 1.93 bits per heavy atom. The Labute approximate surface area is 90.5 Å². The van der Waals surface area contributed by atoms with E-state index in [0.29, 0.717) is 0 Å². The maximum absolute atomic E-state index is 13.3. The lowest BCUT2D eigenvalue weighted by Gasteiger charge is -2.18. The molecule has 1 unspecified atom stereocenters. The van der Waals surface area contributed by atoms with E-state index in [1.165, 1.54) is 6.08 Å². The van der Waals surface area contributed by atoms with Gasteiger partial charge in [0.1, 0.15) is 5.60 Å². The van der Waals surface area contributed by atoms with E-state index in [4.69, 9.17) is 4.74 Å². The van der Waals surface area contributed by atoms with Crippen molar-refractivity contribution in [3.05, 3.63) is 11.9 Å². The first-order valence-corrected chi connectivity index (χ1v) is 5.22. The average molecular weight is 214 g/mol. The molecule has 0 spiro atoms. The normalized spacial score (nSPS) is 24.9. The van der Waals surface area contributed by atoms with Crippen LogP contribution in [0.25, 0.3) is 0 Å². The number of hydrogen-bond acceptors (Lipinski definition) is 2. The van der Waals surface area contributed by atoms with Crippen molar-refractivity contribution in [3.63, 3.8) is 0 Å². The number of hydrogen-bond donors (Lipinski definition) is 0. The molecule has 1 fully saturated rings. The molecule has 0 aromatic carbocycles. The Kier molecular flexibility index (Phi) is 2.94. The molecule has 0 heterocycles. The molecule has 1 atom stereocenters. The lowest BCUT2D eigenvalue weighted by Crippen LogP contribution is -2.24. The highest BCUT2D eigenvalue weighted by Gasteiger charge is 2.44. The molecule has 1 aliphatic rings. The highest BCUT2D eigenvalue weighted by atomic mass is 19.1. The Morgan fingerprint density at radius 3 is 2.27 bits per heavy atom. The fourth-order valence-corrected chi connectivity index (χ4v) is 1.36. The maximum Gasteiger partial charge on any atom is 0.367 e. The largest absolute Gasteiger partial charge is 0.455 e. The smallest absolute Gasteiger partial charge is 0.367 e. The predicted molar refractivity (Wildman–Crippen MR) is 56.9 cm³/mol. The van der Waals surface area contributed by atoms with Crippen LogP contribution >= 0.6 is 0 Å². The molecule has 0 radical (unpaired) electrons. The summed E-state index contributed by atoms with van der Waals surface area (Å²) in [4.78, 5) is 11.3. The van der Waals surface area contributed by atoms with Crippen molar-refractivity contribution < 1.29 is 13.9 Å². The second-order valence-electron chi connectivity index (χ2n) is 5.82. The molecule has 0 aromatic rings. The van der Waals surface area contributed by atoms with Crippen molar-refractivity contribution >= 4 is 5.97 Å². The summed E-state index contributed by atoms with van der Waals surface area (Å²) in [5.41, 5.74) is -0.499. The van der Waals surface area contributed by atoms with E-state index in [9.17, 15) is 9.18 Å². The van der Waals surface area contributed by atoms with E-state index in [-0.39, 0.29) is 11.3 Å². The van der Waals surface area contributed by atoms with Crippen LogP contribution in [0.2, 0.25) is 0 Å². The molecule has 1 rings (SSSR count). The Hall–Kier alpha value is -0.860. The van der Waals surface area contributed by atoms with Gasteiger partial charge in [-0.1, -0.05) is 13.8 Å². The molecular weight excluding hydrogens is 195 g/mol. The Morgan fingerprint density at radius 1 is 1.47 bits per heavy atom. The number of allylic oxidation sites excluding steroid dienone is 1. The molecular formula is C12H19FO2. The summed E-state index contributed by atoms with van der Waals surface area (Å²) < 4.78 is 18.3. The highest BCUT2D eigenvalue weighted by molar-refractivity contribution is 5.86. The van der Waals surface area contributed by atoms with Gasteiger partial charge >= 0.3 is 5.97 Å². The number of carbonyl (C=O) groups is 1. The molecule has 0 amide bonds. The molecule has 1 aliphatic carbocycles. The summed E-state index contributed by atoms with van der Waals surface area (Å²) in [6.45, 7) is 9.27. The van der Waals surface area contributed by atoms with E-state index < -0.39 is 17.4 Å². The number of rotatable bonds is 2. The number of ether oxygens (including phenoxy) is 1. The van der Waals surface area contributed by atoms with Gasteiger partial charge in [-0.2, -0.15) is 4.39 Å². The van der Waals surface area contributed by atoms with Gasteiger partial charge in [0, 0.05) is 0 Å². The van der Waals surface area contributed by atoms with Gasteiger partial charge in [-0.15, -0.1) is 0 Å². The van der Waals surface area contributed by atoms with Gasteiger partial charge in [0.2, 0.25) is 5.83 Å². The van der Waals surface area contributed by atoms with Crippen molar-refractivity contribution in [2.75, 3.05) is 0 Å². The van der Waals surface area contributed by atoms with E-state index >= 15 is 0 Å². The monoisotopic (exact) mass is 214 g/mol. The zero-order chi connectivity index (χ0) is 11.9. The fraction of sp³-hybridized carbons (Fsp3) is 0.750. The third-order valence-corrected chi connectivity index (χ3v) is 2.53. The minimum Gasteiger partial charge on any atom is -0.455 e. The zero-order valence-electron chi connectivity index (χ0n) is 10.1. The predicted octanol–water partition coefficient (Wildman–Crippen LogP) is 3.23. The van der Waals surface area contributed by atoms with Crippen LogP contribution in [0.3, 0.4) is 0 Å². The first kappa shape index (κ1) is 12.2. The second kappa shape index (κ2) is 3.62. The molecule has 3 heteroatoms. The average Bonchev–Trinajstić information content (AvgIpc) is 2.54. The standard InChI is InChI=1S/C12H19FO2/c1-11(2,3)15-10(14)9(13)6-8-7-12(8,4)5/h6,8H,7H2,1-5H3/b9-6-. The molecule has 86 valence electrons. The molecule has 15 heavy (non-hydrogen) atoms. The van der Waals surface area contributed by atoms with Crippen LogP contribution in [-0.2, 0) is 9.53 Å². The van der Waals surface area contributed by atoms with Crippen molar-refractivity contribution in [1.29, 1.82) is 0 Å². The summed E-state index contributed by atoms with van der Waals surface area (Å²) in [7, 11) is 0. The van der Waals surface area contributed by atoms with Gasteiger partial charge in [0.15, 0.2) is 0 Å². The zero-order valence-corrected chi connectivity index (χ0v) is 10.1. The van der Waals surface area contributed by atoms with Gasteiger partial charge in [-0.3, -0.25) is 0 Å². The number of carbonyl (C=O) groups excluding carboxylic acids is 1.